The van der Waals surface area contributed by atoms with Gasteiger partial charge in [-0.15, -0.1) is 11.3 Å². The van der Waals surface area contributed by atoms with Crippen LogP contribution < -0.4 is 0 Å². The van der Waals surface area contributed by atoms with E-state index in [9.17, 15) is 22.8 Å². The van der Waals surface area contributed by atoms with Crippen molar-refractivity contribution in [2.45, 2.75) is 25.9 Å². The molecule has 0 atom stereocenters. The van der Waals surface area contributed by atoms with Gasteiger partial charge in [0.1, 0.15) is 5.69 Å². The zero-order valence-electron chi connectivity index (χ0n) is 16.7. The molecule has 7 nitrogen and oxygen atoms in total. The van der Waals surface area contributed by atoms with Gasteiger partial charge in [0.05, 0.1) is 22.8 Å². The number of halogens is 3. The molecule has 30 heavy (non-hydrogen) atoms. The molecular formula is C19H21F3N4O3S. The molecule has 0 unspecified atom stereocenters. The molecule has 2 amide bonds. The number of alkyl halides is 3. The fraction of sp³-hybridized carbons (Fsp3) is 0.474. The number of hydrogen-bond donors (Lipinski definition) is 0. The van der Waals surface area contributed by atoms with E-state index in [1.54, 1.807) is 36.0 Å². The van der Waals surface area contributed by atoms with Crippen LogP contribution in [0, 0.1) is 6.92 Å². The first-order valence-electron chi connectivity index (χ1n) is 9.23. The highest BCUT2D eigenvalue weighted by molar-refractivity contribution is 7.17. The Bertz CT molecular complexity index is 978. The Morgan fingerprint density at radius 3 is 2.70 bits per heavy atom. The third-order valence-corrected chi connectivity index (χ3v) is 5.60. The number of piperidine rings is 1. The molecule has 1 aliphatic heterocycles. The molecule has 0 aliphatic carbocycles. The summed E-state index contributed by atoms with van der Waals surface area (Å²) in [5.74, 6) is -1.65. The van der Waals surface area contributed by atoms with Gasteiger partial charge in [-0.25, -0.2) is 4.99 Å². The third kappa shape index (κ3) is 4.96. The molecular weight excluding hydrogens is 421 g/mol. The smallest absolute Gasteiger partial charge is 0.351 e. The Morgan fingerprint density at radius 1 is 1.33 bits per heavy atom. The Labute approximate surface area is 175 Å². The van der Waals surface area contributed by atoms with Crippen molar-refractivity contribution in [3.8, 4) is 10.6 Å². The van der Waals surface area contributed by atoms with Crippen molar-refractivity contribution < 1.29 is 27.3 Å². The van der Waals surface area contributed by atoms with Crippen molar-refractivity contribution in [3.05, 3.63) is 28.3 Å². The molecule has 0 bridgehead atoms. The van der Waals surface area contributed by atoms with E-state index in [0.717, 1.165) is 11.3 Å². The lowest BCUT2D eigenvalue weighted by molar-refractivity contribution is -0.156. The number of carbonyl (C=O) groups is 2. The van der Waals surface area contributed by atoms with Crippen LogP contribution in [-0.2, 0) is 11.0 Å². The maximum atomic E-state index is 12.9. The molecule has 1 fully saturated rings. The number of nitrogens with zero attached hydrogens (tertiary/aromatic N) is 4. The summed E-state index contributed by atoms with van der Waals surface area (Å²) in [7, 11) is 3.55. The average molecular weight is 442 g/mol. The zero-order valence-corrected chi connectivity index (χ0v) is 17.6. The van der Waals surface area contributed by atoms with Crippen LogP contribution in [0.4, 0.5) is 13.2 Å². The lowest BCUT2D eigenvalue weighted by Crippen LogP contribution is -2.40. The van der Waals surface area contributed by atoms with Crippen LogP contribution in [0.1, 0.15) is 33.8 Å². The number of rotatable bonds is 4. The largest absolute Gasteiger partial charge is 0.452 e. The highest BCUT2D eigenvalue weighted by Crippen LogP contribution is 2.38. The van der Waals surface area contributed by atoms with Gasteiger partial charge < -0.3 is 14.3 Å². The number of likely N-dealkylation sites (N-methyl/N-ethyl adjacent to an activating group) is 1. The van der Waals surface area contributed by atoms with Gasteiger partial charge in [0.25, 0.3) is 11.8 Å². The summed E-state index contributed by atoms with van der Waals surface area (Å²) >= 11 is 1.05. The van der Waals surface area contributed by atoms with E-state index in [-0.39, 0.29) is 36.2 Å². The van der Waals surface area contributed by atoms with Crippen LogP contribution in [0.2, 0.25) is 0 Å². The second-order valence-corrected chi connectivity index (χ2v) is 8.37. The molecule has 11 heteroatoms. The number of aromatic nitrogens is 1. The van der Waals surface area contributed by atoms with Gasteiger partial charge in [-0.1, -0.05) is 5.16 Å². The van der Waals surface area contributed by atoms with Gasteiger partial charge in [0, 0.05) is 17.8 Å². The van der Waals surface area contributed by atoms with Crippen LogP contribution >= 0.6 is 11.3 Å². The summed E-state index contributed by atoms with van der Waals surface area (Å²) < 4.78 is 43.2. The first-order valence-corrected chi connectivity index (χ1v) is 10.0. The van der Waals surface area contributed by atoms with Gasteiger partial charge in [0.15, 0.2) is 0 Å². The highest BCUT2D eigenvalue weighted by atomic mass is 32.1. The molecule has 1 aliphatic rings. The number of hydrogen-bond acceptors (Lipinski definition) is 6. The monoisotopic (exact) mass is 442 g/mol. The lowest BCUT2D eigenvalue weighted by atomic mass is 10.1. The fourth-order valence-corrected chi connectivity index (χ4v) is 4.18. The van der Waals surface area contributed by atoms with E-state index in [2.05, 4.69) is 14.7 Å². The summed E-state index contributed by atoms with van der Waals surface area (Å²) in [5.41, 5.74) is 0.608. The number of likely N-dealkylation sites (tertiary alicyclic amines) is 1. The van der Waals surface area contributed by atoms with E-state index in [0.29, 0.717) is 34.9 Å². The van der Waals surface area contributed by atoms with Crippen molar-refractivity contribution in [2.24, 2.45) is 4.99 Å². The van der Waals surface area contributed by atoms with Crippen molar-refractivity contribution in [3.63, 3.8) is 0 Å². The molecule has 0 radical (unpaired) electrons. The number of carbonyl (C=O) groups excluding carboxylic acids is 2. The summed E-state index contributed by atoms with van der Waals surface area (Å²) in [5, 5.41) is 3.54. The summed E-state index contributed by atoms with van der Waals surface area (Å²) in [6.07, 6.45) is -3.29. The number of aliphatic imine (C=N–C) groups is 1. The molecule has 2 aromatic rings. The van der Waals surface area contributed by atoms with Gasteiger partial charge in [-0.2, -0.15) is 13.2 Å². The molecule has 162 valence electrons. The van der Waals surface area contributed by atoms with Crippen LogP contribution in [0.15, 0.2) is 21.6 Å². The predicted octanol–water partition coefficient (Wildman–Crippen LogP) is 3.50. The quantitative estimate of drug-likeness (QED) is 0.724. The second kappa shape index (κ2) is 8.68. The summed E-state index contributed by atoms with van der Waals surface area (Å²) in [6.45, 7) is 2.26. The van der Waals surface area contributed by atoms with Crippen LogP contribution in [-0.4, -0.2) is 66.2 Å². The predicted molar refractivity (Wildman–Crippen MR) is 106 cm³/mol. The van der Waals surface area contributed by atoms with Gasteiger partial charge >= 0.3 is 6.18 Å². The standard InChI is InChI=1S/C19H21F3N4O3S/c1-11-16(24-29-17(11)19(20,21)22)13-6-7-14(30-13)18(28)26-8-4-5-12(9-26)23-15(27)10-25(2)3/h6-7H,4-5,8-10H2,1-3H3. The normalized spacial score (nSPS) is 16.5. The maximum Gasteiger partial charge on any atom is 0.452 e. The Kier molecular flexibility index (Phi) is 6.41. The van der Waals surface area contributed by atoms with Crippen molar-refractivity contribution in [1.82, 2.24) is 15.0 Å². The first-order chi connectivity index (χ1) is 14.1. The van der Waals surface area contributed by atoms with Gasteiger partial charge in [-0.05, 0) is 46.0 Å². The molecule has 0 N–H and O–H groups in total. The van der Waals surface area contributed by atoms with Gasteiger partial charge in [0.2, 0.25) is 5.76 Å². The molecule has 0 spiro atoms. The minimum absolute atomic E-state index is 0.0709. The van der Waals surface area contributed by atoms with E-state index < -0.39 is 11.9 Å². The summed E-state index contributed by atoms with van der Waals surface area (Å²) in [4.78, 5) is 33.0. The molecule has 2 aromatic heterocycles. The number of thiophene rings is 1. The van der Waals surface area contributed by atoms with Gasteiger partial charge in [-0.3, -0.25) is 9.59 Å². The van der Waals surface area contributed by atoms with Crippen LogP contribution in [0.3, 0.4) is 0 Å². The van der Waals surface area contributed by atoms with Crippen molar-refractivity contribution in [1.29, 1.82) is 0 Å². The summed E-state index contributed by atoms with van der Waals surface area (Å²) in [6, 6.07) is 3.12. The zero-order chi connectivity index (χ0) is 22.1. The third-order valence-electron chi connectivity index (χ3n) is 4.52. The minimum atomic E-state index is -4.63. The Balaban J connectivity index is 1.74. The lowest BCUT2D eigenvalue weighted by Gasteiger charge is -2.27. The Hall–Kier alpha value is -2.53. The van der Waals surface area contributed by atoms with E-state index >= 15 is 0 Å². The van der Waals surface area contributed by atoms with E-state index in [1.165, 1.54) is 6.92 Å². The molecule has 3 rings (SSSR count). The fourth-order valence-electron chi connectivity index (χ4n) is 3.17. The average Bonchev–Trinajstić information content (AvgIpc) is 3.26. The van der Waals surface area contributed by atoms with Crippen molar-refractivity contribution in [2.75, 3.05) is 33.7 Å². The topological polar surface area (TPSA) is 79.0 Å². The SMILES string of the molecule is Cc1c(-c2ccc(C(=O)N3CCCC(=NC(=O)CN(C)C)C3)s2)noc1C(F)(F)F. The molecule has 3 heterocycles. The first kappa shape index (κ1) is 22.2. The minimum Gasteiger partial charge on any atom is -0.351 e. The van der Waals surface area contributed by atoms with Crippen molar-refractivity contribution >= 4 is 28.9 Å². The number of amides is 2. The molecule has 1 saturated heterocycles. The highest BCUT2D eigenvalue weighted by Gasteiger charge is 2.39. The van der Waals surface area contributed by atoms with Crippen LogP contribution in [0.25, 0.3) is 10.6 Å². The van der Waals surface area contributed by atoms with E-state index in [4.69, 9.17) is 0 Å². The van der Waals surface area contributed by atoms with E-state index in [1.807, 2.05) is 0 Å². The second-order valence-electron chi connectivity index (χ2n) is 7.29. The maximum absolute atomic E-state index is 12.9. The molecule has 0 saturated carbocycles. The Morgan fingerprint density at radius 2 is 2.07 bits per heavy atom. The molecule has 0 aromatic carbocycles. The van der Waals surface area contributed by atoms with Crippen LogP contribution in [0.5, 0.6) is 0 Å².